The highest BCUT2D eigenvalue weighted by molar-refractivity contribution is 7.71. The Bertz CT molecular complexity index is 527. The van der Waals surface area contributed by atoms with Gasteiger partial charge in [0.1, 0.15) is 12.4 Å². The smallest absolute Gasteiger partial charge is 0.182 e. The first-order valence-electron chi connectivity index (χ1n) is 4.67. The predicted molar refractivity (Wildman–Crippen MR) is 60.2 cm³/mol. The van der Waals surface area contributed by atoms with Crippen LogP contribution in [0.3, 0.4) is 0 Å². The van der Waals surface area contributed by atoms with Gasteiger partial charge >= 0.3 is 0 Å². The first-order valence-corrected chi connectivity index (χ1v) is 5.08. The molecular weight excluding hydrogens is 227 g/mol. The fraction of sp³-hybridized carbons (Fsp3) is 0.0909. The molecule has 2 rings (SSSR count). The van der Waals surface area contributed by atoms with Gasteiger partial charge in [0.05, 0.1) is 12.0 Å². The molecule has 82 valence electrons. The molecule has 0 unspecified atom stereocenters. The Labute approximate surface area is 96.9 Å². The van der Waals surface area contributed by atoms with Gasteiger partial charge < -0.3 is 9.72 Å². The summed E-state index contributed by atoms with van der Waals surface area (Å²) >= 11 is 4.71. The van der Waals surface area contributed by atoms with Crippen molar-refractivity contribution < 1.29 is 9.13 Å². The summed E-state index contributed by atoms with van der Waals surface area (Å²) in [6.45, 7) is 0.0992. The molecule has 2 aromatic rings. The lowest BCUT2D eigenvalue weighted by molar-refractivity contribution is 0.293. The molecule has 0 spiro atoms. The Morgan fingerprint density at radius 2 is 2.06 bits per heavy atom. The third kappa shape index (κ3) is 2.43. The molecule has 0 fully saturated rings. The maximum absolute atomic E-state index is 13.4. The van der Waals surface area contributed by atoms with Crippen molar-refractivity contribution in [1.82, 2.24) is 9.97 Å². The predicted octanol–water partition coefficient (Wildman–Crippen LogP) is 2.86. The number of nitrogens with one attached hydrogen (secondary N) is 1. The molecule has 0 aliphatic heterocycles. The number of rotatable bonds is 3. The van der Waals surface area contributed by atoms with Crippen molar-refractivity contribution in [2.24, 2.45) is 0 Å². The molecule has 0 saturated carbocycles. The molecule has 5 heteroatoms. The lowest BCUT2D eigenvalue weighted by Crippen LogP contribution is -2.02. The van der Waals surface area contributed by atoms with E-state index in [9.17, 15) is 4.39 Å². The summed E-state index contributed by atoms with van der Waals surface area (Å²) in [5.41, 5.74) is 0.295. The third-order valence-electron chi connectivity index (χ3n) is 2.00. The van der Waals surface area contributed by atoms with E-state index in [0.717, 1.165) is 0 Å². The summed E-state index contributed by atoms with van der Waals surface area (Å²) < 4.78 is 18.8. The van der Waals surface area contributed by atoms with Crippen molar-refractivity contribution in [2.45, 2.75) is 6.61 Å². The molecule has 0 aliphatic carbocycles. The van der Waals surface area contributed by atoms with Crippen LogP contribution in [0.1, 0.15) is 5.69 Å². The Hall–Kier alpha value is -1.75. The molecular formula is C11H9FN2OS. The van der Waals surface area contributed by atoms with Crippen molar-refractivity contribution in [1.29, 1.82) is 0 Å². The first-order chi connectivity index (χ1) is 7.77. The highest BCUT2D eigenvalue weighted by Crippen LogP contribution is 2.12. The van der Waals surface area contributed by atoms with E-state index in [1.54, 1.807) is 12.1 Å². The standard InChI is InChI=1S/C11H9FN2OS/c12-10-9(13-7-14-11(10)16)6-15-8-4-2-1-3-5-8/h1-5,7H,6H2,(H,13,14,16). The summed E-state index contributed by atoms with van der Waals surface area (Å²) in [4.78, 5) is 6.29. The van der Waals surface area contributed by atoms with Crippen LogP contribution in [0.25, 0.3) is 0 Å². The molecule has 0 amide bonds. The molecule has 1 aromatic carbocycles. The number of ether oxygens (including phenoxy) is 1. The SMILES string of the molecule is Fc1c(COc2ccccc2)[nH]cnc1=S. The van der Waals surface area contributed by atoms with E-state index in [1.165, 1.54) is 6.33 Å². The van der Waals surface area contributed by atoms with Crippen molar-refractivity contribution >= 4 is 12.2 Å². The van der Waals surface area contributed by atoms with Crippen molar-refractivity contribution in [2.75, 3.05) is 0 Å². The van der Waals surface area contributed by atoms with Crippen LogP contribution in [-0.2, 0) is 6.61 Å². The molecule has 1 heterocycles. The molecule has 1 aromatic heterocycles. The number of hydrogen-bond donors (Lipinski definition) is 1. The maximum Gasteiger partial charge on any atom is 0.182 e. The van der Waals surface area contributed by atoms with Gasteiger partial charge in [0.15, 0.2) is 10.5 Å². The van der Waals surface area contributed by atoms with Crippen LogP contribution >= 0.6 is 12.2 Å². The largest absolute Gasteiger partial charge is 0.487 e. The summed E-state index contributed by atoms with van der Waals surface area (Å²) in [5, 5.41) is 0. The van der Waals surface area contributed by atoms with Gasteiger partial charge in [0.2, 0.25) is 0 Å². The highest BCUT2D eigenvalue weighted by atomic mass is 32.1. The van der Waals surface area contributed by atoms with Crippen LogP contribution in [0.5, 0.6) is 5.75 Å². The van der Waals surface area contributed by atoms with E-state index in [-0.39, 0.29) is 11.2 Å². The molecule has 0 atom stereocenters. The second kappa shape index (κ2) is 4.85. The second-order valence-corrected chi connectivity index (χ2v) is 3.49. The summed E-state index contributed by atoms with van der Waals surface area (Å²) in [7, 11) is 0. The van der Waals surface area contributed by atoms with Crippen LogP contribution in [0.15, 0.2) is 36.7 Å². The monoisotopic (exact) mass is 236 g/mol. The fourth-order valence-electron chi connectivity index (χ4n) is 1.20. The number of para-hydroxylation sites is 1. The fourth-order valence-corrected chi connectivity index (χ4v) is 1.37. The zero-order valence-corrected chi connectivity index (χ0v) is 9.13. The topological polar surface area (TPSA) is 37.9 Å². The number of aromatic amines is 1. The van der Waals surface area contributed by atoms with Gasteiger partial charge in [-0.1, -0.05) is 30.4 Å². The number of halogens is 1. The second-order valence-electron chi connectivity index (χ2n) is 3.10. The molecule has 3 nitrogen and oxygen atoms in total. The summed E-state index contributed by atoms with van der Waals surface area (Å²) in [6.07, 6.45) is 1.36. The van der Waals surface area contributed by atoms with Crippen molar-refractivity contribution in [3.63, 3.8) is 0 Å². The number of aromatic nitrogens is 2. The minimum Gasteiger partial charge on any atom is -0.487 e. The molecule has 1 N–H and O–H groups in total. The molecule has 0 aliphatic rings. The summed E-state index contributed by atoms with van der Waals surface area (Å²) in [5.74, 6) is 0.145. The molecule has 0 bridgehead atoms. The minimum absolute atomic E-state index is 0.0505. The van der Waals surface area contributed by atoms with Gasteiger partial charge in [-0.15, -0.1) is 0 Å². The number of benzene rings is 1. The lowest BCUT2D eigenvalue weighted by atomic mass is 10.3. The van der Waals surface area contributed by atoms with E-state index in [2.05, 4.69) is 9.97 Å². The Morgan fingerprint density at radius 1 is 1.31 bits per heavy atom. The van der Waals surface area contributed by atoms with E-state index < -0.39 is 5.82 Å². The zero-order chi connectivity index (χ0) is 11.4. The Balaban J connectivity index is 2.11. The maximum atomic E-state index is 13.4. The van der Waals surface area contributed by atoms with Gasteiger partial charge in [0.25, 0.3) is 0 Å². The van der Waals surface area contributed by atoms with Gasteiger partial charge in [-0.25, -0.2) is 9.37 Å². The quantitative estimate of drug-likeness (QED) is 0.833. The van der Waals surface area contributed by atoms with E-state index in [4.69, 9.17) is 17.0 Å². The van der Waals surface area contributed by atoms with E-state index in [0.29, 0.717) is 11.4 Å². The molecule has 16 heavy (non-hydrogen) atoms. The highest BCUT2D eigenvalue weighted by Gasteiger charge is 2.05. The lowest BCUT2D eigenvalue weighted by Gasteiger charge is -2.06. The number of hydrogen-bond acceptors (Lipinski definition) is 3. The van der Waals surface area contributed by atoms with Crippen LogP contribution in [0, 0.1) is 10.5 Å². The number of H-pyrrole nitrogens is 1. The van der Waals surface area contributed by atoms with Crippen LogP contribution in [-0.4, -0.2) is 9.97 Å². The van der Waals surface area contributed by atoms with Crippen LogP contribution in [0.4, 0.5) is 4.39 Å². The van der Waals surface area contributed by atoms with E-state index >= 15 is 0 Å². The molecule has 0 radical (unpaired) electrons. The molecule has 0 saturated heterocycles. The van der Waals surface area contributed by atoms with Gasteiger partial charge in [0, 0.05) is 0 Å². The average Bonchev–Trinajstić information content (AvgIpc) is 2.32. The first kappa shape index (κ1) is 10.8. The van der Waals surface area contributed by atoms with Crippen LogP contribution in [0.2, 0.25) is 0 Å². The van der Waals surface area contributed by atoms with Crippen molar-refractivity contribution in [3.05, 3.63) is 52.8 Å². The number of nitrogens with zero attached hydrogens (tertiary/aromatic N) is 1. The van der Waals surface area contributed by atoms with Crippen molar-refractivity contribution in [3.8, 4) is 5.75 Å². The van der Waals surface area contributed by atoms with E-state index in [1.807, 2.05) is 18.2 Å². The normalized spacial score (nSPS) is 10.1. The zero-order valence-electron chi connectivity index (χ0n) is 8.31. The van der Waals surface area contributed by atoms with Crippen LogP contribution < -0.4 is 4.74 Å². The Morgan fingerprint density at radius 3 is 2.81 bits per heavy atom. The average molecular weight is 236 g/mol. The Kier molecular flexibility index (Phi) is 3.26. The minimum atomic E-state index is -0.534. The third-order valence-corrected chi connectivity index (χ3v) is 2.28. The summed E-state index contributed by atoms with van der Waals surface area (Å²) in [6, 6.07) is 9.18. The van der Waals surface area contributed by atoms with Gasteiger partial charge in [-0.2, -0.15) is 0 Å². The van der Waals surface area contributed by atoms with Gasteiger partial charge in [-0.3, -0.25) is 0 Å². The van der Waals surface area contributed by atoms with Gasteiger partial charge in [-0.05, 0) is 12.1 Å².